The summed E-state index contributed by atoms with van der Waals surface area (Å²) in [5.41, 5.74) is 3.18. The summed E-state index contributed by atoms with van der Waals surface area (Å²) in [7, 11) is 1.54. The van der Waals surface area contributed by atoms with Crippen LogP contribution in [-0.4, -0.2) is 32.6 Å². The van der Waals surface area contributed by atoms with Crippen LogP contribution in [0.25, 0.3) is 0 Å². The summed E-state index contributed by atoms with van der Waals surface area (Å²) in [6, 6.07) is 12.5. The van der Waals surface area contributed by atoms with Gasteiger partial charge in [-0.15, -0.1) is 0 Å². The first-order valence-electron chi connectivity index (χ1n) is 7.23. The minimum Gasteiger partial charge on any atom is -0.493 e. The summed E-state index contributed by atoms with van der Waals surface area (Å²) in [6.45, 7) is 0.0474. The van der Waals surface area contributed by atoms with Gasteiger partial charge in [0.05, 0.1) is 13.3 Å². The average Bonchev–Trinajstić information content (AvgIpc) is 3.08. The van der Waals surface area contributed by atoms with Gasteiger partial charge in [-0.2, -0.15) is 5.10 Å². The molecule has 0 aliphatic carbocycles. The van der Waals surface area contributed by atoms with E-state index in [2.05, 4.69) is 10.5 Å². The van der Waals surface area contributed by atoms with Crippen molar-refractivity contribution in [2.75, 3.05) is 20.5 Å². The third kappa shape index (κ3) is 3.75. The Balaban J connectivity index is 1.50. The second-order valence-corrected chi connectivity index (χ2v) is 4.85. The molecule has 24 heavy (non-hydrogen) atoms. The highest BCUT2D eigenvalue weighted by atomic mass is 16.7. The van der Waals surface area contributed by atoms with Crippen LogP contribution in [0.15, 0.2) is 47.6 Å². The molecule has 3 rings (SSSR count). The number of amides is 1. The molecule has 7 nitrogen and oxygen atoms in total. The second-order valence-electron chi connectivity index (χ2n) is 4.85. The van der Waals surface area contributed by atoms with E-state index in [9.17, 15) is 4.79 Å². The molecule has 1 amide bonds. The lowest BCUT2D eigenvalue weighted by atomic mass is 10.2. The van der Waals surface area contributed by atoms with Crippen LogP contribution in [0.4, 0.5) is 0 Å². The van der Waals surface area contributed by atoms with Crippen LogP contribution in [0.1, 0.15) is 5.56 Å². The van der Waals surface area contributed by atoms with Gasteiger partial charge in [-0.3, -0.25) is 4.79 Å². The van der Waals surface area contributed by atoms with Gasteiger partial charge >= 0.3 is 0 Å². The molecule has 1 heterocycles. The number of methoxy groups -OCH3 is 1. The largest absolute Gasteiger partial charge is 0.493 e. The van der Waals surface area contributed by atoms with Gasteiger partial charge in [0, 0.05) is 0 Å². The molecule has 7 heteroatoms. The smallest absolute Gasteiger partial charge is 0.277 e. The summed E-state index contributed by atoms with van der Waals surface area (Å²) in [4.78, 5) is 11.8. The van der Waals surface area contributed by atoms with E-state index < -0.39 is 0 Å². The first-order valence-corrected chi connectivity index (χ1v) is 7.23. The summed E-state index contributed by atoms with van der Waals surface area (Å²) < 4.78 is 21.0. The van der Waals surface area contributed by atoms with Gasteiger partial charge in [0.2, 0.25) is 6.79 Å². The Labute approximate surface area is 138 Å². The number of benzene rings is 2. The molecule has 2 aromatic rings. The fraction of sp³-hybridized carbons (Fsp3) is 0.176. The van der Waals surface area contributed by atoms with Crippen molar-refractivity contribution in [3.8, 4) is 23.0 Å². The summed E-state index contributed by atoms with van der Waals surface area (Å²) in [5.74, 6) is 2.04. The summed E-state index contributed by atoms with van der Waals surface area (Å²) >= 11 is 0. The van der Waals surface area contributed by atoms with Crippen molar-refractivity contribution in [3.63, 3.8) is 0 Å². The fourth-order valence-corrected chi connectivity index (χ4v) is 2.09. The molecule has 0 saturated carbocycles. The monoisotopic (exact) mass is 328 g/mol. The first-order chi connectivity index (χ1) is 11.8. The molecule has 0 unspecified atom stereocenters. The van der Waals surface area contributed by atoms with Gasteiger partial charge in [-0.05, 0) is 35.9 Å². The van der Waals surface area contributed by atoms with E-state index in [1.165, 1.54) is 13.3 Å². The van der Waals surface area contributed by atoms with E-state index in [1.807, 2.05) is 12.1 Å². The summed E-state index contributed by atoms with van der Waals surface area (Å²) in [5, 5.41) is 3.89. The minimum absolute atomic E-state index is 0.168. The highest BCUT2D eigenvalue weighted by Gasteiger charge is 2.12. The van der Waals surface area contributed by atoms with E-state index in [4.69, 9.17) is 18.9 Å². The molecular formula is C17H16N2O5. The summed E-state index contributed by atoms with van der Waals surface area (Å²) in [6.07, 6.45) is 1.52. The maximum absolute atomic E-state index is 11.8. The Bertz CT molecular complexity index is 760. The molecule has 2 aromatic carbocycles. The third-order valence-electron chi connectivity index (χ3n) is 3.23. The van der Waals surface area contributed by atoms with Crippen molar-refractivity contribution in [1.82, 2.24) is 5.43 Å². The molecule has 124 valence electrons. The number of hydrogen-bond acceptors (Lipinski definition) is 6. The molecule has 0 saturated heterocycles. The zero-order valence-corrected chi connectivity index (χ0v) is 13.0. The van der Waals surface area contributed by atoms with Crippen LogP contribution in [0.3, 0.4) is 0 Å². The van der Waals surface area contributed by atoms with Crippen LogP contribution >= 0.6 is 0 Å². The van der Waals surface area contributed by atoms with Gasteiger partial charge in [-0.1, -0.05) is 12.1 Å². The molecule has 1 aliphatic heterocycles. The predicted octanol–water partition coefficient (Wildman–Crippen LogP) is 1.95. The van der Waals surface area contributed by atoms with Gasteiger partial charge < -0.3 is 18.9 Å². The lowest BCUT2D eigenvalue weighted by Gasteiger charge is -2.09. The molecule has 0 aromatic heterocycles. The number of para-hydroxylation sites is 2. The van der Waals surface area contributed by atoms with Crippen molar-refractivity contribution in [2.24, 2.45) is 5.10 Å². The molecule has 1 aliphatic rings. The van der Waals surface area contributed by atoms with Crippen LogP contribution in [-0.2, 0) is 4.79 Å². The number of carbonyl (C=O) groups excluding carboxylic acids is 1. The Morgan fingerprint density at radius 2 is 2.00 bits per heavy atom. The quantitative estimate of drug-likeness (QED) is 0.648. The maximum Gasteiger partial charge on any atom is 0.277 e. The molecule has 0 radical (unpaired) electrons. The Kier molecular flexibility index (Phi) is 4.81. The van der Waals surface area contributed by atoms with Crippen molar-refractivity contribution >= 4 is 12.1 Å². The number of nitrogens with zero attached hydrogens (tertiary/aromatic N) is 1. The van der Waals surface area contributed by atoms with E-state index in [0.29, 0.717) is 23.0 Å². The molecule has 0 fully saturated rings. The topological polar surface area (TPSA) is 78.4 Å². The second kappa shape index (κ2) is 7.36. The van der Waals surface area contributed by atoms with Crippen molar-refractivity contribution < 1.29 is 23.7 Å². The van der Waals surface area contributed by atoms with Crippen molar-refractivity contribution in [3.05, 3.63) is 48.0 Å². The minimum atomic E-state index is -0.377. The van der Waals surface area contributed by atoms with Gasteiger partial charge in [0.15, 0.2) is 29.6 Å². The normalized spacial score (nSPS) is 12.2. The Morgan fingerprint density at radius 3 is 2.83 bits per heavy atom. The van der Waals surface area contributed by atoms with E-state index in [0.717, 1.165) is 5.56 Å². The predicted molar refractivity (Wildman–Crippen MR) is 86.8 cm³/mol. The van der Waals surface area contributed by atoms with E-state index in [1.54, 1.807) is 30.3 Å². The average molecular weight is 328 g/mol. The zero-order valence-electron chi connectivity index (χ0n) is 13.0. The number of fused-ring (bicyclic) bond motifs is 1. The fourth-order valence-electron chi connectivity index (χ4n) is 2.09. The SMILES string of the molecule is COc1ccccc1OCC(=O)NN=Cc1ccc2c(c1)OCO2. The Hall–Kier alpha value is -3.22. The zero-order chi connectivity index (χ0) is 16.8. The van der Waals surface area contributed by atoms with Gasteiger partial charge in [0.1, 0.15) is 0 Å². The maximum atomic E-state index is 11.8. The number of carbonyl (C=O) groups is 1. The molecule has 0 bridgehead atoms. The number of ether oxygens (including phenoxy) is 4. The van der Waals surface area contributed by atoms with Crippen LogP contribution < -0.4 is 24.4 Å². The molecule has 0 spiro atoms. The lowest BCUT2D eigenvalue weighted by Crippen LogP contribution is -2.24. The number of hydrazone groups is 1. The number of nitrogens with one attached hydrogen (secondary N) is 1. The standard InChI is InChI=1S/C17H16N2O5/c1-21-13-4-2-3-5-14(13)22-10-17(20)19-18-9-12-6-7-15-16(8-12)24-11-23-15/h2-9H,10-11H2,1H3,(H,19,20). The third-order valence-corrected chi connectivity index (χ3v) is 3.23. The van der Waals surface area contributed by atoms with E-state index >= 15 is 0 Å². The van der Waals surface area contributed by atoms with Crippen LogP contribution in [0.5, 0.6) is 23.0 Å². The highest BCUT2D eigenvalue weighted by molar-refractivity contribution is 5.83. The molecular weight excluding hydrogens is 312 g/mol. The lowest BCUT2D eigenvalue weighted by molar-refractivity contribution is -0.123. The highest BCUT2D eigenvalue weighted by Crippen LogP contribution is 2.32. The number of rotatable bonds is 6. The van der Waals surface area contributed by atoms with Crippen molar-refractivity contribution in [1.29, 1.82) is 0 Å². The van der Waals surface area contributed by atoms with Gasteiger partial charge in [0.25, 0.3) is 5.91 Å². The Morgan fingerprint density at radius 1 is 1.21 bits per heavy atom. The van der Waals surface area contributed by atoms with Crippen molar-refractivity contribution in [2.45, 2.75) is 0 Å². The van der Waals surface area contributed by atoms with Crippen LogP contribution in [0, 0.1) is 0 Å². The van der Waals surface area contributed by atoms with E-state index in [-0.39, 0.29) is 19.3 Å². The molecule has 0 atom stereocenters. The van der Waals surface area contributed by atoms with Crippen LogP contribution in [0.2, 0.25) is 0 Å². The van der Waals surface area contributed by atoms with Gasteiger partial charge in [-0.25, -0.2) is 5.43 Å². The number of hydrogen-bond donors (Lipinski definition) is 1. The first kappa shape index (κ1) is 15.7. The molecule has 1 N–H and O–H groups in total.